The predicted molar refractivity (Wildman–Crippen MR) is 33.5 cm³/mol. The van der Waals surface area contributed by atoms with E-state index >= 15 is 0 Å². The first-order valence-electron chi connectivity index (χ1n) is 2.42. The van der Waals surface area contributed by atoms with E-state index in [1.165, 1.54) is 6.08 Å². The summed E-state index contributed by atoms with van der Waals surface area (Å²) in [4.78, 5) is 13.6. The molecule has 0 saturated heterocycles. The van der Waals surface area contributed by atoms with E-state index in [9.17, 15) is 4.91 Å². The van der Waals surface area contributed by atoms with Gasteiger partial charge in [-0.25, -0.2) is 4.99 Å². The molecule has 3 N–H and O–H groups in total. The summed E-state index contributed by atoms with van der Waals surface area (Å²) in [6.45, 7) is 0.337. The minimum Gasteiger partial charge on any atom is -0.384 e. The first-order valence-corrected chi connectivity index (χ1v) is 2.42. The normalized spacial score (nSPS) is 17.3. The summed E-state index contributed by atoms with van der Waals surface area (Å²) in [6.07, 6.45) is 1.39. The molecule has 1 aliphatic heterocycles. The highest BCUT2D eigenvalue weighted by atomic mass is 16.3. The maximum atomic E-state index is 9.81. The predicted octanol–water partition coefficient (Wildman–Crippen LogP) is -0.488. The quantitative estimate of drug-likeness (QED) is 0.465. The maximum Gasteiger partial charge on any atom is 0.175 e. The molecule has 0 fully saturated rings. The minimum atomic E-state index is 0.238. The first kappa shape index (κ1) is 5.74. The third-order valence-electron chi connectivity index (χ3n) is 0.905. The molecule has 0 atom stereocenters. The second kappa shape index (κ2) is 2.25. The number of aliphatic imine (C=N–C) groups is 1. The van der Waals surface area contributed by atoms with Crippen molar-refractivity contribution in [3.63, 3.8) is 0 Å². The first-order chi connectivity index (χ1) is 4.33. The number of hydrogen-bond donors (Lipinski definition) is 2. The van der Waals surface area contributed by atoms with Gasteiger partial charge in [0.1, 0.15) is 12.5 Å². The van der Waals surface area contributed by atoms with E-state index in [-0.39, 0.29) is 5.82 Å². The molecule has 1 aliphatic rings. The second-order valence-corrected chi connectivity index (χ2v) is 1.54. The van der Waals surface area contributed by atoms with Crippen LogP contribution in [0.15, 0.2) is 22.1 Å². The smallest absolute Gasteiger partial charge is 0.175 e. The van der Waals surface area contributed by atoms with Crippen molar-refractivity contribution in [3.05, 3.63) is 16.8 Å². The Kier molecular flexibility index (Phi) is 1.44. The van der Waals surface area contributed by atoms with Crippen LogP contribution in [0.1, 0.15) is 0 Å². The van der Waals surface area contributed by atoms with Crippen molar-refractivity contribution in [2.75, 3.05) is 6.67 Å². The number of hydrogen-bond acceptors (Lipinski definition) is 5. The Morgan fingerprint density at radius 2 is 2.67 bits per heavy atom. The van der Waals surface area contributed by atoms with E-state index in [4.69, 9.17) is 5.73 Å². The summed E-state index contributed by atoms with van der Waals surface area (Å²) in [6, 6.07) is 0. The molecule has 0 saturated carbocycles. The van der Waals surface area contributed by atoms with Gasteiger partial charge in [0, 0.05) is 6.08 Å². The van der Waals surface area contributed by atoms with Crippen LogP contribution in [0.5, 0.6) is 0 Å². The molecule has 0 spiro atoms. The van der Waals surface area contributed by atoms with E-state index in [0.717, 1.165) is 0 Å². The summed E-state index contributed by atoms with van der Waals surface area (Å²) in [5, 5.41) is 5.25. The molecule has 0 amide bonds. The molecule has 0 unspecified atom stereocenters. The Labute approximate surface area is 51.6 Å². The van der Waals surface area contributed by atoms with Gasteiger partial charge >= 0.3 is 0 Å². The second-order valence-electron chi connectivity index (χ2n) is 1.54. The number of nitrogens with zero attached hydrogens (tertiary/aromatic N) is 2. The van der Waals surface area contributed by atoms with E-state index in [0.29, 0.717) is 12.5 Å². The average Bonchev–Trinajstić information content (AvgIpc) is 1.88. The summed E-state index contributed by atoms with van der Waals surface area (Å²) >= 11 is 0. The van der Waals surface area contributed by atoms with Crippen molar-refractivity contribution >= 4 is 5.84 Å². The van der Waals surface area contributed by atoms with E-state index in [1.54, 1.807) is 0 Å². The van der Waals surface area contributed by atoms with Crippen LogP contribution in [0.25, 0.3) is 0 Å². The zero-order valence-corrected chi connectivity index (χ0v) is 4.66. The van der Waals surface area contributed by atoms with Gasteiger partial charge in [-0.3, -0.25) is 0 Å². The van der Waals surface area contributed by atoms with Crippen molar-refractivity contribution in [1.29, 1.82) is 0 Å². The highest BCUT2D eigenvalue weighted by molar-refractivity contribution is 5.92. The Morgan fingerprint density at radius 3 is 3.11 bits per heavy atom. The lowest BCUT2D eigenvalue weighted by atomic mass is 10.5. The molecule has 0 radical (unpaired) electrons. The van der Waals surface area contributed by atoms with Crippen LogP contribution in [0, 0.1) is 4.91 Å². The van der Waals surface area contributed by atoms with Crippen LogP contribution >= 0.6 is 0 Å². The number of nitrogens with two attached hydrogens (primary N) is 1. The van der Waals surface area contributed by atoms with Gasteiger partial charge in [0.15, 0.2) is 5.82 Å². The van der Waals surface area contributed by atoms with Gasteiger partial charge in [0.25, 0.3) is 0 Å². The van der Waals surface area contributed by atoms with Gasteiger partial charge < -0.3 is 11.1 Å². The number of nitroso groups, excluding NO2 is 1. The van der Waals surface area contributed by atoms with Crippen molar-refractivity contribution in [1.82, 2.24) is 5.32 Å². The van der Waals surface area contributed by atoms with Crippen molar-refractivity contribution in [2.45, 2.75) is 0 Å². The number of amidine groups is 1. The monoisotopic (exact) mass is 126 g/mol. The number of nitrogens with one attached hydrogen (secondary N) is 1. The van der Waals surface area contributed by atoms with Gasteiger partial charge in [0.2, 0.25) is 0 Å². The lowest BCUT2D eigenvalue weighted by Crippen LogP contribution is -2.23. The SMILES string of the molecule is NC1=NCNC(N=O)=C1. The summed E-state index contributed by atoms with van der Waals surface area (Å²) in [5.74, 6) is 0.575. The van der Waals surface area contributed by atoms with Crippen LogP contribution < -0.4 is 11.1 Å². The van der Waals surface area contributed by atoms with Crippen LogP contribution in [0.2, 0.25) is 0 Å². The molecular formula is C4H6N4O. The zero-order chi connectivity index (χ0) is 6.69. The summed E-state index contributed by atoms with van der Waals surface area (Å²) in [5.41, 5.74) is 5.24. The van der Waals surface area contributed by atoms with Gasteiger partial charge in [-0.15, -0.1) is 4.91 Å². The van der Waals surface area contributed by atoms with Gasteiger partial charge in [0.05, 0.1) is 0 Å². The molecule has 0 bridgehead atoms. The standard InChI is InChI=1S/C4H6N4O/c5-3-1-4(8-9)7-2-6-3/h1,7H,2H2,(H2,5,6). The fourth-order valence-corrected chi connectivity index (χ4v) is 0.507. The van der Waals surface area contributed by atoms with E-state index in [2.05, 4.69) is 15.5 Å². The van der Waals surface area contributed by atoms with E-state index in [1.807, 2.05) is 0 Å². The molecule has 0 aromatic rings. The highest BCUT2D eigenvalue weighted by Crippen LogP contribution is 1.93. The Morgan fingerprint density at radius 1 is 1.89 bits per heavy atom. The Balaban J connectivity index is 2.74. The van der Waals surface area contributed by atoms with Crippen LogP contribution in [-0.2, 0) is 0 Å². The molecule has 9 heavy (non-hydrogen) atoms. The molecule has 5 nitrogen and oxygen atoms in total. The van der Waals surface area contributed by atoms with Crippen molar-refractivity contribution in [3.8, 4) is 0 Å². The van der Waals surface area contributed by atoms with Crippen molar-refractivity contribution in [2.24, 2.45) is 15.9 Å². The third-order valence-corrected chi connectivity index (χ3v) is 0.905. The highest BCUT2D eigenvalue weighted by Gasteiger charge is 2.00. The maximum absolute atomic E-state index is 9.81. The van der Waals surface area contributed by atoms with Gasteiger partial charge in [-0.05, 0) is 5.18 Å². The van der Waals surface area contributed by atoms with Gasteiger partial charge in [-0.1, -0.05) is 0 Å². The number of rotatable bonds is 1. The fourth-order valence-electron chi connectivity index (χ4n) is 0.507. The molecule has 1 rings (SSSR count). The topological polar surface area (TPSA) is 79.8 Å². The Bertz CT molecular complexity index is 183. The van der Waals surface area contributed by atoms with Crippen LogP contribution in [0.3, 0.4) is 0 Å². The van der Waals surface area contributed by atoms with Gasteiger partial charge in [-0.2, -0.15) is 0 Å². The van der Waals surface area contributed by atoms with Crippen LogP contribution in [0.4, 0.5) is 0 Å². The molecule has 5 heteroatoms. The minimum absolute atomic E-state index is 0.238. The molecule has 0 aromatic heterocycles. The molecule has 1 heterocycles. The third kappa shape index (κ3) is 1.25. The van der Waals surface area contributed by atoms with Crippen LogP contribution in [-0.4, -0.2) is 12.5 Å². The largest absolute Gasteiger partial charge is 0.384 e. The summed E-state index contributed by atoms with van der Waals surface area (Å²) in [7, 11) is 0. The summed E-state index contributed by atoms with van der Waals surface area (Å²) < 4.78 is 0. The lowest BCUT2D eigenvalue weighted by molar-refractivity contribution is 0.800. The van der Waals surface area contributed by atoms with Crippen molar-refractivity contribution < 1.29 is 0 Å². The molecular weight excluding hydrogens is 120 g/mol. The van der Waals surface area contributed by atoms with E-state index < -0.39 is 0 Å². The molecule has 0 aliphatic carbocycles. The molecule has 48 valence electrons. The zero-order valence-electron chi connectivity index (χ0n) is 4.66. The lowest BCUT2D eigenvalue weighted by Gasteiger charge is -2.05. The molecule has 0 aromatic carbocycles. The fraction of sp³-hybridized carbons (Fsp3) is 0.250. The average molecular weight is 126 g/mol. The Hall–Kier alpha value is -1.39.